The van der Waals surface area contributed by atoms with E-state index in [1.54, 1.807) is 62.6 Å². The van der Waals surface area contributed by atoms with Crippen LogP contribution in [0.2, 0.25) is 0 Å². The summed E-state index contributed by atoms with van der Waals surface area (Å²) in [6.45, 7) is 2.31. The average molecular weight is 513 g/mol. The number of hydrogen-bond donors (Lipinski definition) is 1. The summed E-state index contributed by atoms with van der Waals surface area (Å²) in [5.74, 6) is 1.51. The van der Waals surface area contributed by atoms with E-state index in [9.17, 15) is 13.2 Å². The summed E-state index contributed by atoms with van der Waals surface area (Å²) in [5.41, 5.74) is 3.27. The molecule has 3 aromatic rings. The molecule has 1 N–H and O–H groups in total. The van der Waals surface area contributed by atoms with Gasteiger partial charge in [0.1, 0.15) is 0 Å². The molecule has 3 aromatic carbocycles. The zero-order valence-corrected chi connectivity index (χ0v) is 22.0. The summed E-state index contributed by atoms with van der Waals surface area (Å²) in [6.07, 6.45) is 0.777. The lowest BCUT2D eigenvalue weighted by molar-refractivity contribution is -0.130. The van der Waals surface area contributed by atoms with Crippen LogP contribution in [0, 0.1) is 6.92 Å². The number of nitrogens with zero attached hydrogens (tertiary/aromatic N) is 1. The summed E-state index contributed by atoms with van der Waals surface area (Å²) in [4.78, 5) is 14.5. The van der Waals surface area contributed by atoms with Crippen LogP contribution in [0.4, 0.5) is 5.69 Å². The van der Waals surface area contributed by atoms with Gasteiger partial charge in [-0.25, -0.2) is 8.42 Å². The number of hydrogen-bond acceptors (Lipinski definition) is 6. The van der Waals surface area contributed by atoms with Crippen molar-refractivity contribution in [3.8, 4) is 17.2 Å². The number of carbonyl (C=O) groups is 1. The van der Waals surface area contributed by atoms with Crippen molar-refractivity contribution in [1.82, 2.24) is 4.90 Å². The highest BCUT2D eigenvalue weighted by Gasteiger charge is 2.17. The molecule has 0 saturated carbocycles. The number of nitrogens with one attached hydrogen (secondary N) is 1. The minimum absolute atomic E-state index is 0.0403. The molecule has 0 atom stereocenters. The molecule has 192 valence electrons. The summed E-state index contributed by atoms with van der Waals surface area (Å²) in [7, 11) is 2.67. The van der Waals surface area contributed by atoms with Gasteiger partial charge in [-0.2, -0.15) is 0 Å². The first-order chi connectivity index (χ1) is 17.2. The fourth-order valence-electron chi connectivity index (χ4n) is 3.70. The topological polar surface area (TPSA) is 94.2 Å². The van der Waals surface area contributed by atoms with Crippen molar-refractivity contribution < 1.29 is 27.4 Å². The maximum atomic E-state index is 12.7. The minimum Gasteiger partial charge on any atom is -0.493 e. The number of methoxy groups -OCH3 is 3. The van der Waals surface area contributed by atoms with E-state index in [1.807, 2.05) is 31.2 Å². The number of rotatable bonds is 11. The molecule has 0 heterocycles. The quantitative estimate of drug-likeness (QED) is 0.409. The van der Waals surface area contributed by atoms with Gasteiger partial charge in [-0.05, 0) is 60.9 Å². The standard InChI is InChI=1S/C27H32N2O6S/c1-19-6-11-22(12-7-19)28-36(31,32)23-13-8-20(9-14-23)10-15-26(30)29(2)18-21-16-24(33-3)27(35-5)25(17-21)34-4/h6-9,11-14,16-17,28H,10,15,18H2,1-5H3. The van der Waals surface area contributed by atoms with Gasteiger partial charge in [0, 0.05) is 25.7 Å². The summed E-state index contributed by atoms with van der Waals surface area (Å²) < 4.78 is 44.0. The average Bonchev–Trinajstić information content (AvgIpc) is 2.88. The zero-order valence-electron chi connectivity index (χ0n) is 21.2. The maximum Gasteiger partial charge on any atom is 0.261 e. The number of sulfonamides is 1. The third-order valence-corrected chi connectivity index (χ3v) is 7.13. The number of ether oxygens (including phenoxy) is 3. The Morgan fingerprint density at radius 3 is 1.97 bits per heavy atom. The lowest BCUT2D eigenvalue weighted by Gasteiger charge is -2.19. The van der Waals surface area contributed by atoms with Gasteiger partial charge < -0.3 is 19.1 Å². The van der Waals surface area contributed by atoms with E-state index < -0.39 is 10.0 Å². The van der Waals surface area contributed by atoms with E-state index in [0.717, 1.165) is 16.7 Å². The van der Waals surface area contributed by atoms with Gasteiger partial charge in [0.25, 0.3) is 10.0 Å². The Balaban J connectivity index is 1.59. The van der Waals surface area contributed by atoms with Crippen LogP contribution in [0.5, 0.6) is 17.2 Å². The van der Waals surface area contributed by atoms with E-state index in [1.165, 1.54) is 7.11 Å². The second-order valence-electron chi connectivity index (χ2n) is 8.40. The fraction of sp³-hybridized carbons (Fsp3) is 0.296. The molecule has 1 amide bonds. The molecule has 9 heteroatoms. The number of anilines is 1. The molecule has 0 aliphatic carbocycles. The Bertz CT molecular complexity index is 1260. The Labute approximate surface area is 212 Å². The van der Waals surface area contributed by atoms with Crippen LogP contribution in [0.15, 0.2) is 65.6 Å². The number of carbonyl (C=O) groups excluding carboxylic acids is 1. The van der Waals surface area contributed by atoms with Gasteiger partial charge in [0.2, 0.25) is 11.7 Å². The third kappa shape index (κ3) is 6.69. The molecule has 0 fully saturated rings. The van der Waals surface area contributed by atoms with Crippen molar-refractivity contribution in [3.05, 3.63) is 77.4 Å². The Morgan fingerprint density at radius 2 is 1.44 bits per heavy atom. The van der Waals surface area contributed by atoms with Crippen LogP contribution in [-0.4, -0.2) is 47.6 Å². The van der Waals surface area contributed by atoms with E-state index in [-0.39, 0.29) is 17.2 Å². The molecule has 0 radical (unpaired) electrons. The van der Waals surface area contributed by atoms with Crippen LogP contribution >= 0.6 is 0 Å². The highest BCUT2D eigenvalue weighted by Crippen LogP contribution is 2.38. The highest BCUT2D eigenvalue weighted by molar-refractivity contribution is 7.92. The van der Waals surface area contributed by atoms with Gasteiger partial charge in [0.05, 0.1) is 26.2 Å². The van der Waals surface area contributed by atoms with Crippen LogP contribution in [0.3, 0.4) is 0 Å². The smallest absolute Gasteiger partial charge is 0.261 e. The predicted molar refractivity (Wildman–Crippen MR) is 139 cm³/mol. The van der Waals surface area contributed by atoms with Gasteiger partial charge >= 0.3 is 0 Å². The first kappa shape index (κ1) is 26.9. The molecule has 0 saturated heterocycles. The molecule has 0 aliphatic rings. The van der Waals surface area contributed by atoms with Gasteiger partial charge in [0.15, 0.2) is 11.5 Å². The molecule has 8 nitrogen and oxygen atoms in total. The summed E-state index contributed by atoms with van der Waals surface area (Å²) in [5, 5.41) is 0. The van der Waals surface area contributed by atoms with Crippen molar-refractivity contribution in [3.63, 3.8) is 0 Å². The second-order valence-corrected chi connectivity index (χ2v) is 10.1. The molecule has 0 spiro atoms. The van der Waals surface area contributed by atoms with Crippen LogP contribution in [0.1, 0.15) is 23.1 Å². The van der Waals surface area contributed by atoms with Crippen molar-refractivity contribution in [1.29, 1.82) is 0 Å². The third-order valence-electron chi connectivity index (χ3n) is 5.73. The number of benzene rings is 3. The molecule has 0 bridgehead atoms. The molecule has 0 unspecified atom stereocenters. The molecular formula is C27H32N2O6S. The van der Waals surface area contributed by atoms with Gasteiger partial charge in [-0.15, -0.1) is 0 Å². The summed E-state index contributed by atoms with van der Waals surface area (Å²) in [6, 6.07) is 17.3. The SMILES string of the molecule is COc1cc(CN(C)C(=O)CCc2ccc(S(=O)(=O)Nc3ccc(C)cc3)cc2)cc(OC)c1OC. The Kier molecular flexibility index (Phi) is 8.82. The van der Waals surface area contributed by atoms with Crippen molar-refractivity contribution in [2.45, 2.75) is 31.2 Å². The van der Waals surface area contributed by atoms with E-state index in [4.69, 9.17) is 14.2 Å². The van der Waals surface area contributed by atoms with E-state index in [2.05, 4.69) is 4.72 Å². The van der Waals surface area contributed by atoms with E-state index in [0.29, 0.717) is 35.9 Å². The van der Waals surface area contributed by atoms with Crippen molar-refractivity contribution in [2.24, 2.45) is 0 Å². The maximum absolute atomic E-state index is 12.7. The van der Waals surface area contributed by atoms with Crippen molar-refractivity contribution >= 4 is 21.6 Å². The van der Waals surface area contributed by atoms with Crippen LogP contribution < -0.4 is 18.9 Å². The molecule has 0 aromatic heterocycles. The first-order valence-electron chi connectivity index (χ1n) is 11.4. The fourth-order valence-corrected chi connectivity index (χ4v) is 4.76. The number of aryl methyl sites for hydroxylation is 2. The monoisotopic (exact) mass is 512 g/mol. The first-order valence-corrected chi connectivity index (χ1v) is 12.9. The number of amides is 1. The highest BCUT2D eigenvalue weighted by atomic mass is 32.2. The van der Waals surface area contributed by atoms with Gasteiger partial charge in [-0.1, -0.05) is 29.8 Å². The molecule has 3 rings (SSSR count). The largest absolute Gasteiger partial charge is 0.493 e. The lowest BCUT2D eigenvalue weighted by Crippen LogP contribution is -2.26. The lowest BCUT2D eigenvalue weighted by atomic mass is 10.1. The molecule has 0 aliphatic heterocycles. The molecule has 36 heavy (non-hydrogen) atoms. The molecular weight excluding hydrogens is 480 g/mol. The van der Waals surface area contributed by atoms with Crippen LogP contribution in [0.25, 0.3) is 0 Å². The van der Waals surface area contributed by atoms with E-state index >= 15 is 0 Å². The predicted octanol–water partition coefficient (Wildman–Crippen LogP) is 4.41. The Morgan fingerprint density at radius 1 is 0.861 bits per heavy atom. The van der Waals surface area contributed by atoms with Crippen molar-refractivity contribution in [2.75, 3.05) is 33.1 Å². The minimum atomic E-state index is -3.69. The second kappa shape index (κ2) is 11.8. The van der Waals surface area contributed by atoms with Gasteiger partial charge in [-0.3, -0.25) is 9.52 Å². The Hall–Kier alpha value is -3.72. The van der Waals surface area contributed by atoms with Crippen LogP contribution in [-0.2, 0) is 27.8 Å². The normalized spacial score (nSPS) is 11.0. The zero-order chi connectivity index (χ0) is 26.3. The summed E-state index contributed by atoms with van der Waals surface area (Å²) >= 11 is 0.